The molecule has 0 aliphatic heterocycles. The van der Waals surface area contributed by atoms with Crippen molar-refractivity contribution in [1.29, 1.82) is 5.26 Å². The lowest BCUT2D eigenvalue weighted by molar-refractivity contribution is -0.120. The SMILES string of the molecule is CCCS(=O)(=O)CC(=O)N[C@@]1(C#N)CCC[C@H](C)C1. The fourth-order valence-electron chi connectivity index (χ4n) is 2.68. The Bertz CT molecular complexity index is 467. The third-order valence-corrected chi connectivity index (χ3v) is 5.19. The molecule has 1 aliphatic rings. The highest BCUT2D eigenvalue weighted by Crippen LogP contribution is 2.31. The Balaban J connectivity index is 2.67. The maximum atomic E-state index is 11.8. The van der Waals surface area contributed by atoms with Gasteiger partial charge in [0, 0.05) is 0 Å². The molecule has 1 aliphatic carbocycles. The molecular formula is C13H22N2O3S. The van der Waals surface area contributed by atoms with Crippen LogP contribution in [0.1, 0.15) is 46.0 Å². The number of hydrogen-bond acceptors (Lipinski definition) is 4. The van der Waals surface area contributed by atoms with Crippen LogP contribution in [0.25, 0.3) is 0 Å². The van der Waals surface area contributed by atoms with Crippen LogP contribution in [0, 0.1) is 17.2 Å². The van der Waals surface area contributed by atoms with Crippen LogP contribution in [0.15, 0.2) is 0 Å². The number of amides is 1. The van der Waals surface area contributed by atoms with E-state index < -0.39 is 27.0 Å². The van der Waals surface area contributed by atoms with E-state index in [-0.39, 0.29) is 5.75 Å². The summed E-state index contributed by atoms with van der Waals surface area (Å²) in [7, 11) is -3.35. The monoisotopic (exact) mass is 286 g/mol. The number of nitrogens with zero attached hydrogens (tertiary/aromatic N) is 1. The van der Waals surface area contributed by atoms with Crippen molar-refractivity contribution in [1.82, 2.24) is 5.32 Å². The normalized spacial score (nSPS) is 27.5. The van der Waals surface area contributed by atoms with Gasteiger partial charge in [0.25, 0.3) is 0 Å². The Morgan fingerprint density at radius 1 is 1.53 bits per heavy atom. The summed E-state index contributed by atoms with van der Waals surface area (Å²) < 4.78 is 23.2. The smallest absolute Gasteiger partial charge is 0.236 e. The molecule has 0 aromatic heterocycles. The van der Waals surface area contributed by atoms with Gasteiger partial charge in [-0.3, -0.25) is 4.79 Å². The van der Waals surface area contributed by atoms with Gasteiger partial charge in [0.05, 0.1) is 11.8 Å². The molecule has 6 heteroatoms. The molecule has 5 nitrogen and oxygen atoms in total. The Morgan fingerprint density at radius 3 is 2.74 bits per heavy atom. The second-order valence-corrected chi connectivity index (χ2v) is 7.72. The maximum absolute atomic E-state index is 11.8. The molecule has 0 aromatic carbocycles. The van der Waals surface area contributed by atoms with E-state index in [0.29, 0.717) is 25.2 Å². The van der Waals surface area contributed by atoms with Crippen molar-refractivity contribution in [3.8, 4) is 6.07 Å². The summed E-state index contributed by atoms with van der Waals surface area (Å²) in [5.74, 6) is -0.681. The van der Waals surface area contributed by atoms with Crippen LogP contribution >= 0.6 is 0 Å². The van der Waals surface area contributed by atoms with Gasteiger partial charge in [-0.05, 0) is 31.6 Å². The molecule has 0 saturated heterocycles. The fourth-order valence-corrected chi connectivity index (χ4v) is 3.92. The molecule has 1 N–H and O–H groups in total. The molecule has 0 heterocycles. The van der Waals surface area contributed by atoms with Crippen LogP contribution in [0.2, 0.25) is 0 Å². The minimum absolute atomic E-state index is 0.0103. The van der Waals surface area contributed by atoms with Crippen LogP contribution in [0.3, 0.4) is 0 Å². The van der Waals surface area contributed by atoms with Crippen molar-refractivity contribution < 1.29 is 13.2 Å². The molecule has 0 spiro atoms. The summed E-state index contributed by atoms with van der Waals surface area (Å²) >= 11 is 0. The molecule has 2 atom stereocenters. The summed E-state index contributed by atoms with van der Waals surface area (Å²) in [6.07, 6.45) is 3.64. The molecule has 1 rings (SSSR count). The molecule has 0 bridgehead atoms. The zero-order chi connectivity index (χ0) is 14.5. The number of nitrogens with one attached hydrogen (secondary N) is 1. The standard InChI is InChI=1S/C13H22N2O3S/c1-3-7-19(17,18)9-12(16)15-13(10-14)6-4-5-11(2)8-13/h11H,3-9H2,1-2H3,(H,15,16)/t11-,13-/m0/s1. The van der Waals surface area contributed by atoms with Crippen molar-refractivity contribution in [2.24, 2.45) is 5.92 Å². The zero-order valence-corrected chi connectivity index (χ0v) is 12.4. The molecule has 1 saturated carbocycles. The third-order valence-electron chi connectivity index (χ3n) is 3.46. The van der Waals surface area contributed by atoms with Gasteiger partial charge in [-0.25, -0.2) is 8.42 Å². The van der Waals surface area contributed by atoms with Crippen molar-refractivity contribution in [3.05, 3.63) is 0 Å². The lowest BCUT2D eigenvalue weighted by atomic mass is 9.77. The van der Waals surface area contributed by atoms with Crippen LogP contribution in [0.5, 0.6) is 0 Å². The van der Waals surface area contributed by atoms with Crippen molar-refractivity contribution in [2.45, 2.75) is 51.5 Å². The van der Waals surface area contributed by atoms with Crippen molar-refractivity contribution >= 4 is 15.7 Å². The highest BCUT2D eigenvalue weighted by molar-refractivity contribution is 7.92. The molecule has 1 fully saturated rings. The van der Waals surface area contributed by atoms with Gasteiger partial charge < -0.3 is 5.32 Å². The summed E-state index contributed by atoms with van der Waals surface area (Å²) in [6.45, 7) is 3.81. The largest absolute Gasteiger partial charge is 0.337 e. The predicted molar refractivity (Wildman–Crippen MR) is 73.1 cm³/mol. The van der Waals surface area contributed by atoms with E-state index in [1.54, 1.807) is 6.92 Å². The second kappa shape index (κ2) is 6.38. The molecule has 0 aromatic rings. The van der Waals surface area contributed by atoms with E-state index >= 15 is 0 Å². The van der Waals surface area contributed by atoms with E-state index in [4.69, 9.17) is 0 Å². The number of rotatable bonds is 5. The average molecular weight is 286 g/mol. The van der Waals surface area contributed by atoms with Gasteiger partial charge in [-0.15, -0.1) is 0 Å². The Morgan fingerprint density at radius 2 is 2.21 bits per heavy atom. The maximum Gasteiger partial charge on any atom is 0.236 e. The summed E-state index contributed by atoms with van der Waals surface area (Å²) in [6, 6.07) is 2.17. The first-order valence-electron chi connectivity index (χ1n) is 6.75. The Kier molecular flexibility index (Phi) is 5.36. The van der Waals surface area contributed by atoms with Gasteiger partial charge >= 0.3 is 0 Å². The first-order valence-corrected chi connectivity index (χ1v) is 8.57. The topological polar surface area (TPSA) is 87.0 Å². The van der Waals surface area contributed by atoms with Gasteiger partial charge in [0.15, 0.2) is 9.84 Å². The van der Waals surface area contributed by atoms with Crippen molar-refractivity contribution in [2.75, 3.05) is 11.5 Å². The number of carbonyl (C=O) groups is 1. The molecule has 1 amide bonds. The van der Waals surface area contributed by atoms with Crippen LogP contribution in [-0.2, 0) is 14.6 Å². The Labute approximate surface area is 115 Å². The highest BCUT2D eigenvalue weighted by atomic mass is 32.2. The molecule has 0 radical (unpaired) electrons. The second-order valence-electron chi connectivity index (χ2n) is 5.54. The minimum Gasteiger partial charge on any atom is -0.337 e. The van der Waals surface area contributed by atoms with Gasteiger partial charge in [0.2, 0.25) is 5.91 Å². The Hall–Kier alpha value is -1.09. The van der Waals surface area contributed by atoms with Gasteiger partial charge in [-0.1, -0.05) is 20.3 Å². The number of hydrogen-bond donors (Lipinski definition) is 1. The molecular weight excluding hydrogens is 264 g/mol. The predicted octanol–water partition coefficient (Wildman–Crippen LogP) is 1.40. The quantitative estimate of drug-likeness (QED) is 0.827. The van der Waals surface area contributed by atoms with E-state index in [2.05, 4.69) is 11.4 Å². The van der Waals surface area contributed by atoms with Gasteiger partial charge in [0.1, 0.15) is 11.3 Å². The summed E-state index contributed by atoms with van der Waals surface area (Å²) in [5, 5.41) is 11.9. The van der Waals surface area contributed by atoms with Crippen LogP contribution in [-0.4, -0.2) is 31.4 Å². The van der Waals surface area contributed by atoms with E-state index in [9.17, 15) is 18.5 Å². The molecule has 19 heavy (non-hydrogen) atoms. The number of carbonyl (C=O) groups excluding carboxylic acids is 1. The first kappa shape index (κ1) is 16.0. The lowest BCUT2D eigenvalue weighted by Crippen LogP contribution is -2.51. The number of sulfone groups is 1. The summed E-state index contributed by atoms with van der Waals surface area (Å²) in [5.41, 5.74) is -0.878. The minimum atomic E-state index is -3.35. The van der Waals surface area contributed by atoms with Crippen LogP contribution < -0.4 is 5.32 Å². The van der Waals surface area contributed by atoms with Gasteiger partial charge in [-0.2, -0.15) is 5.26 Å². The average Bonchev–Trinajstić information content (AvgIpc) is 2.27. The molecule has 108 valence electrons. The van der Waals surface area contributed by atoms with Crippen LogP contribution in [0.4, 0.5) is 0 Å². The number of nitriles is 1. The van der Waals surface area contributed by atoms with E-state index in [1.165, 1.54) is 0 Å². The zero-order valence-electron chi connectivity index (χ0n) is 11.6. The lowest BCUT2D eigenvalue weighted by Gasteiger charge is -2.34. The molecule has 0 unspecified atom stereocenters. The summed E-state index contributed by atoms with van der Waals surface area (Å²) in [4.78, 5) is 11.8. The van der Waals surface area contributed by atoms with E-state index in [0.717, 1.165) is 12.8 Å². The third kappa shape index (κ3) is 4.83. The van der Waals surface area contributed by atoms with E-state index in [1.807, 2.05) is 6.92 Å². The highest BCUT2D eigenvalue weighted by Gasteiger charge is 2.37. The van der Waals surface area contributed by atoms with Crippen molar-refractivity contribution in [3.63, 3.8) is 0 Å². The fraction of sp³-hybridized carbons (Fsp3) is 0.846. The first-order chi connectivity index (χ1) is 8.82.